The third-order valence-electron chi connectivity index (χ3n) is 5.10. The molecule has 0 aliphatic carbocycles. The fourth-order valence-electron chi connectivity index (χ4n) is 3.34. The number of halogens is 10. The molecule has 200 valence electrons. The van der Waals surface area contributed by atoms with Crippen LogP contribution in [0.25, 0.3) is 16.9 Å². The molecule has 1 aliphatic rings. The summed E-state index contributed by atoms with van der Waals surface area (Å²) in [5.41, 5.74) is 1.22. The van der Waals surface area contributed by atoms with E-state index in [-0.39, 0.29) is 39.4 Å². The van der Waals surface area contributed by atoms with E-state index in [0.717, 1.165) is 4.68 Å². The van der Waals surface area contributed by atoms with Gasteiger partial charge in [-0.3, -0.25) is 10.2 Å². The molecule has 2 aromatic carbocycles. The zero-order valence-corrected chi connectivity index (χ0v) is 21.2. The minimum absolute atomic E-state index is 0. The second-order valence-electron chi connectivity index (χ2n) is 7.56. The van der Waals surface area contributed by atoms with E-state index < -0.39 is 47.4 Å². The maximum Gasteiger partial charge on any atom is 0.374 e. The molecule has 1 fully saturated rings. The summed E-state index contributed by atoms with van der Waals surface area (Å²) in [6.07, 6.45) is 0. The molecule has 4 rings (SSSR count). The van der Waals surface area contributed by atoms with Crippen LogP contribution in [0.4, 0.5) is 26.3 Å². The molecule has 3 aromatic rings. The maximum absolute atomic E-state index is 14.4. The van der Waals surface area contributed by atoms with Gasteiger partial charge in [0.15, 0.2) is 5.69 Å². The summed E-state index contributed by atoms with van der Waals surface area (Å²) < 4.78 is 117. The van der Waals surface area contributed by atoms with Gasteiger partial charge in [-0.1, -0.05) is 46.9 Å². The predicted molar refractivity (Wildman–Crippen MR) is 130 cm³/mol. The molecule has 15 heteroatoms. The van der Waals surface area contributed by atoms with E-state index in [2.05, 4.69) is 5.10 Å². The number of carbonyl (C=O) groups is 1. The number of hydrogen-bond donors (Lipinski definition) is 1. The molecule has 1 aliphatic heterocycles. The molecule has 1 N–H and O–H groups in total. The summed E-state index contributed by atoms with van der Waals surface area (Å²) in [4.78, 5) is 13.2. The van der Waals surface area contributed by atoms with Gasteiger partial charge < -0.3 is 0 Å². The molecule has 0 atom stereocenters. The maximum atomic E-state index is 14.4. The van der Waals surface area contributed by atoms with Gasteiger partial charge in [0.05, 0.1) is 34.9 Å². The van der Waals surface area contributed by atoms with E-state index in [9.17, 15) is 31.1 Å². The van der Waals surface area contributed by atoms with Crippen LogP contribution < -0.4 is 5.43 Å². The average Bonchev–Trinajstić information content (AvgIpc) is 3.18. The summed E-state index contributed by atoms with van der Waals surface area (Å²) >= 11 is 18.2. The van der Waals surface area contributed by atoms with Crippen LogP contribution in [-0.2, 0) is 0 Å². The first-order valence-electron chi connectivity index (χ1n) is 11.8. The molecule has 1 amide bonds. The molecule has 37 heavy (non-hydrogen) atoms. The Morgan fingerprint density at radius 2 is 1.51 bits per heavy atom. The number of hydrogen-bond acceptors (Lipinski definition) is 3. The smallest absolute Gasteiger partial charge is 0.283 e. The van der Waals surface area contributed by atoms with Crippen molar-refractivity contribution in [2.24, 2.45) is 0 Å². The average molecular weight is 612 g/mol. The van der Waals surface area contributed by atoms with E-state index in [1.54, 1.807) is 0 Å². The summed E-state index contributed by atoms with van der Waals surface area (Å²) in [5, 5.41) is 3.52. The van der Waals surface area contributed by atoms with Gasteiger partial charge in [0.2, 0.25) is 0 Å². The molecule has 0 bridgehead atoms. The summed E-state index contributed by atoms with van der Waals surface area (Å²) in [7, 11) is 0. The van der Waals surface area contributed by atoms with Crippen molar-refractivity contribution in [1.82, 2.24) is 20.2 Å². The number of aromatic nitrogens is 2. The first-order valence-corrected chi connectivity index (χ1v) is 10.9. The van der Waals surface area contributed by atoms with Crippen molar-refractivity contribution < 1.29 is 36.6 Å². The second-order valence-corrected chi connectivity index (χ2v) is 8.84. The fourth-order valence-corrected chi connectivity index (χ4v) is 3.96. The molecule has 0 spiro atoms. The van der Waals surface area contributed by atoms with Crippen LogP contribution in [-0.4, -0.2) is 51.5 Å². The Bertz CT molecular complexity index is 1480. The predicted octanol–water partition coefficient (Wildman–Crippen LogP) is 7.10. The van der Waals surface area contributed by atoms with Gasteiger partial charge in [-0.2, -0.15) is 31.4 Å². The third kappa shape index (κ3) is 5.24. The lowest BCUT2D eigenvalue weighted by Gasteiger charge is -2.42. The highest BCUT2D eigenvalue weighted by Gasteiger charge is 2.75. The van der Waals surface area contributed by atoms with Gasteiger partial charge in [0.25, 0.3) is 5.91 Å². The van der Waals surface area contributed by atoms with E-state index in [1.165, 1.54) is 54.8 Å². The largest absolute Gasteiger partial charge is 0.374 e. The Hall–Kier alpha value is -2.18. The van der Waals surface area contributed by atoms with Crippen LogP contribution in [0.1, 0.15) is 21.5 Å². The number of alkyl halides is 6. The van der Waals surface area contributed by atoms with Gasteiger partial charge in [-0.05, 0) is 37.3 Å². The van der Waals surface area contributed by atoms with Gasteiger partial charge >= 0.3 is 17.8 Å². The van der Waals surface area contributed by atoms with E-state index in [0.29, 0.717) is 10.6 Å². The van der Waals surface area contributed by atoms with Crippen LogP contribution in [0.3, 0.4) is 0 Å². The minimum Gasteiger partial charge on any atom is -0.283 e. The minimum atomic E-state index is -6.46. The van der Waals surface area contributed by atoms with Gasteiger partial charge in [-0.25, -0.2) is 9.69 Å². The second kappa shape index (κ2) is 10.2. The van der Waals surface area contributed by atoms with Gasteiger partial charge in [0, 0.05) is 21.2 Å². The van der Waals surface area contributed by atoms with Crippen molar-refractivity contribution in [1.29, 1.82) is 0 Å². The lowest BCUT2D eigenvalue weighted by atomic mass is 10.00. The van der Waals surface area contributed by atoms with E-state index in [4.69, 9.17) is 40.3 Å². The zero-order chi connectivity index (χ0) is 30.2. The number of nitrogens with zero attached hydrogens (tertiary/aromatic N) is 3. The molecule has 0 radical (unpaired) electrons. The van der Waals surface area contributed by atoms with Crippen LogP contribution in [0.5, 0.6) is 0 Å². The number of benzene rings is 2. The van der Waals surface area contributed by atoms with Crippen LogP contribution >= 0.6 is 47.2 Å². The number of nitrogens with one attached hydrogen (secondary N) is 1. The topological polar surface area (TPSA) is 50.2 Å². The molecule has 0 saturated carbocycles. The Morgan fingerprint density at radius 1 is 0.973 bits per heavy atom. The quantitative estimate of drug-likeness (QED) is 0.320. The number of carbonyl (C=O) groups excluding carboxylic acids is 1. The fraction of sp³-hybridized carbons (Fsp3) is 0.273. The third-order valence-corrected chi connectivity index (χ3v) is 5.89. The molecule has 1 aromatic heterocycles. The van der Waals surface area contributed by atoms with Crippen molar-refractivity contribution in [3.63, 3.8) is 0 Å². The van der Waals surface area contributed by atoms with Crippen LogP contribution in [0, 0.1) is 6.92 Å². The Morgan fingerprint density at radius 3 is 2.05 bits per heavy atom. The molecular weight excluding hydrogens is 592 g/mol. The SMILES string of the molecule is Cl.[2H]C1([2H])N(NC(=O)c2nn(-c3ccc(Cl)cc3Cl)c(-c3ccc(Cl)cc3)c2C)C([2H])([2H])C(F)(F)C(F)(F)C1(F)F. The Kier molecular flexibility index (Phi) is 6.58. The number of hydrazine groups is 1. The summed E-state index contributed by atoms with van der Waals surface area (Å²) in [5.74, 6) is -20.4. The molecule has 1 saturated heterocycles. The lowest BCUT2D eigenvalue weighted by Crippen LogP contribution is -2.69. The van der Waals surface area contributed by atoms with Crippen molar-refractivity contribution in [2.45, 2.75) is 24.7 Å². The Balaban J connectivity index is 0.00000462. The van der Waals surface area contributed by atoms with Crippen molar-refractivity contribution in [2.75, 3.05) is 13.0 Å². The molecular formula is C22H16Cl4F6N4O. The molecule has 2 heterocycles. The molecule has 0 unspecified atom stereocenters. The standard InChI is InChI=1S/C22H15Cl3F6N4O.ClH/c1-11-17(19(36)33-34-9-20(26,27)22(30,31)21(28,29)10-34)32-35(16-7-6-14(24)8-15(16)25)18(11)12-2-4-13(23)5-3-12;/h2-8H,9-10H2,1H3,(H,33,36);1H/i9D2,10D2;. The summed E-state index contributed by atoms with van der Waals surface area (Å²) in [6.45, 7) is -8.35. The monoisotopic (exact) mass is 610 g/mol. The first-order chi connectivity index (χ1) is 18.2. The van der Waals surface area contributed by atoms with Gasteiger partial charge in [0.1, 0.15) is 0 Å². The number of amides is 1. The number of piperidine rings is 1. The summed E-state index contributed by atoms with van der Waals surface area (Å²) in [6, 6.07) is 10.2. The van der Waals surface area contributed by atoms with E-state index >= 15 is 0 Å². The van der Waals surface area contributed by atoms with Crippen molar-refractivity contribution in [3.05, 3.63) is 68.8 Å². The van der Waals surface area contributed by atoms with Crippen LogP contribution in [0.15, 0.2) is 42.5 Å². The Labute approximate surface area is 233 Å². The first kappa shape index (κ1) is 23.9. The van der Waals surface area contributed by atoms with Crippen LogP contribution in [0.2, 0.25) is 15.1 Å². The van der Waals surface area contributed by atoms with Crippen molar-refractivity contribution >= 4 is 53.1 Å². The normalized spacial score (nSPS) is 22.5. The van der Waals surface area contributed by atoms with E-state index in [1.807, 2.05) is 0 Å². The lowest BCUT2D eigenvalue weighted by molar-refractivity contribution is -0.341. The highest BCUT2D eigenvalue weighted by Crippen LogP contribution is 2.49. The zero-order valence-electron chi connectivity index (χ0n) is 22.1. The number of rotatable bonds is 4. The molecule has 5 nitrogen and oxygen atoms in total. The van der Waals surface area contributed by atoms with Crippen molar-refractivity contribution in [3.8, 4) is 16.9 Å². The highest BCUT2D eigenvalue weighted by atomic mass is 35.5. The van der Waals surface area contributed by atoms with Gasteiger partial charge in [-0.15, -0.1) is 12.4 Å². The highest BCUT2D eigenvalue weighted by molar-refractivity contribution is 6.35.